The van der Waals surface area contributed by atoms with Crippen LogP contribution in [-0.2, 0) is 10.4 Å². The molecule has 0 saturated carbocycles. The first kappa shape index (κ1) is 18.8. The zero-order chi connectivity index (χ0) is 19.1. The molecule has 26 heavy (non-hydrogen) atoms. The van der Waals surface area contributed by atoms with E-state index >= 15 is 0 Å². The molecule has 2 aromatic rings. The number of halogens is 2. The first-order chi connectivity index (χ1) is 12.3. The number of carbonyl (C=O) groups is 2. The third-order valence-electron chi connectivity index (χ3n) is 4.69. The Labute approximate surface area is 165 Å². The smallest absolute Gasteiger partial charge is 0.264 e. The Morgan fingerprint density at radius 2 is 2.00 bits per heavy atom. The van der Waals surface area contributed by atoms with Crippen molar-refractivity contribution in [3.63, 3.8) is 0 Å². The number of Topliss-reactive ketones (excluding diaryl/α,β-unsaturated/α-hetero) is 1. The van der Waals surface area contributed by atoms with Crippen LogP contribution in [0, 0.1) is 5.92 Å². The van der Waals surface area contributed by atoms with Gasteiger partial charge in [0.1, 0.15) is 0 Å². The van der Waals surface area contributed by atoms with E-state index in [1.807, 2.05) is 0 Å². The van der Waals surface area contributed by atoms with Crippen molar-refractivity contribution >= 4 is 44.9 Å². The highest BCUT2D eigenvalue weighted by Gasteiger charge is 2.55. The van der Waals surface area contributed by atoms with Crippen molar-refractivity contribution in [2.24, 2.45) is 5.92 Å². The molecule has 0 aliphatic carbocycles. The number of carbonyl (C=O) groups excluding carboxylic acids is 2. The van der Waals surface area contributed by atoms with Crippen LogP contribution in [0.15, 0.2) is 59.6 Å². The van der Waals surface area contributed by atoms with Crippen LogP contribution in [0.3, 0.4) is 0 Å². The number of hydrogen-bond donors (Lipinski definition) is 1. The molecule has 0 unspecified atom stereocenters. The predicted octanol–water partition coefficient (Wildman–Crippen LogP) is 4.34. The summed E-state index contributed by atoms with van der Waals surface area (Å²) < 4.78 is 0.717. The number of aliphatic hydroxyl groups is 1. The molecule has 0 fully saturated rings. The number of fused-ring (bicyclic) bond motifs is 1. The molecule has 2 aromatic carbocycles. The number of amides is 1. The molecule has 1 N–H and O–H groups in total. The van der Waals surface area contributed by atoms with E-state index in [4.69, 9.17) is 11.6 Å². The molecule has 0 spiro atoms. The molecule has 3 rings (SSSR count). The van der Waals surface area contributed by atoms with Crippen LogP contribution < -0.4 is 4.90 Å². The minimum atomic E-state index is -1.95. The van der Waals surface area contributed by atoms with Crippen LogP contribution in [0.2, 0.25) is 5.02 Å². The van der Waals surface area contributed by atoms with Gasteiger partial charge < -0.3 is 10.0 Å². The predicted molar refractivity (Wildman–Crippen MR) is 106 cm³/mol. The normalized spacial score (nSPS) is 20.0. The van der Waals surface area contributed by atoms with Crippen molar-refractivity contribution in [2.45, 2.75) is 12.5 Å². The van der Waals surface area contributed by atoms with E-state index in [1.54, 1.807) is 55.5 Å². The Bertz CT molecular complexity index is 896. The second kappa shape index (κ2) is 6.99. The van der Waals surface area contributed by atoms with Gasteiger partial charge in [0.05, 0.1) is 11.6 Å². The summed E-state index contributed by atoms with van der Waals surface area (Å²) in [5.74, 6) is -1.83. The Morgan fingerprint density at radius 1 is 1.35 bits per heavy atom. The average molecular weight is 435 g/mol. The molecule has 0 radical (unpaired) electrons. The molecule has 1 heterocycles. The molecule has 134 valence electrons. The number of ketones is 1. The van der Waals surface area contributed by atoms with E-state index < -0.39 is 17.4 Å². The molecular weight excluding hydrogens is 418 g/mol. The largest absolute Gasteiger partial charge is 0.375 e. The van der Waals surface area contributed by atoms with Crippen molar-refractivity contribution in [1.82, 2.24) is 0 Å². The van der Waals surface area contributed by atoms with E-state index in [-0.39, 0.29) is 12.3 Å². The molecular formula is C20H17BrClNO3. The van der Waals surface area contributed by atoms with E-state index in [9.17, 15) is 14.7 Å². The van der Waals surface area contributed by atoms with Crippen LogP contribution in [0.25, 0.3) is 0 Å². The summed E-state index contributed by atoms with van der Waals surface area (Å²) in [7, 11) is 0. The fourth-order valence-electron chi connectivity index (χ4n) is 3.26. The SMILES string of the molecule is C=CCN1C(=O)[C@](O)([C@@H](C)C(=O)c2ccc(Cl)cc2)c2cc(Br)ccc21. The monoisotopic (exact) mass is 433 g/mol. The lowest BCUT2D eigenvalue weighted by Gasteiger charge is -2.28. The molecule has 4 nitrogen and oxygen atoms in total. The molecule has 6 heteroatoms. The molecule has 1 amide bonds. The van der Waals surface area contributed by atoms with Gasteiger partial charge in [-0.05, 0) is 42.5 Å². The van der Waals surface area contributed by atoms with E-state index in [0.29, 0.717) is 26.3 Å². The summed E-state index contributed by atoms with van der Waals surface area (Å²) in [5.41, 5.74) is -0.564. The quantitative estimate of drug-likeness (QED) is 0.562. The summed E-state index contributed by atoms with van der Waals surface area (Å²) in [6.07, 6.45) is 1.58. The molecule has 0 bridgehead atoms. The van der Waals surface area contributed by atoms with Gasteiger partial charge in [-0.3, -0.25) is 9.59 Å². The van der Waals surface area contributed by atoms with Crippen LogP contribution >= 0.6 is 27.5 Å². The van der Waals surface area contributed by atoms with Crippen molar-refractivity contribution in [3.8, 4) is 0 Å². The lowest BCUT2D eigenvalue weighted by Crippen LogP contribution is -2.47. The summed E-state index contributed by atoms with van der Waals surface area (Å²) in [5, 5.41) is 11.9. The fourth-order valence-corrected chi connectivity index (χ4v) is 3.75. The Morgan fingerprint density at radius 3 is 2.62 bits per heavy atom. The highest BCUT2D eigenvalue weighted by molar-refractivity contribution is 9.10. The van der Waals surface area contributed by atoms with Crippen LogP contribution in [-0.4, -0.2) is 23.3 Å². The van der Waals surface area contributed by atoms with Gasteiger partial charge in [-0.2, -0.15) is 0 Å². The number of nitrogens with zero attached hydrogens (tertiary/aromatic N) is 1. The molecule has 1 aliphatic rings. The van der Waals surface area contributed by atoms with E-state index in [1.165, 1.54) is 4.90 Å². The Balaban J connectivity index is 2.08. The lowest BCUT2D eigenvalue weighted by molar-refractivity contribution is -0.139. The number of benzene rings is 2. The maximum absolute atomic E-state index is 13.1. The van der Waals surface area contributed by atoms with E-state index in [2.05, 4.69) is 22.5 Å². The number of rotatable bonds is 5. The fraction of sp³-hybridized carbons (Fsp3) is 0.200. The van der Waals surface area contributed by atoms with Crippen molar-refractivity contribution in [2.75, 3.05) is 11.4 Å². The summed E-state index contributed by atoms with van der Waals surface area (Å²) >= 11 is 9.25. The summed E-state index contributed by atoms with van der Waals surface area (Å²) in [6, 6.07) is 11.6. The van der Waals surface area contributed by atoms with Crippen LogP contribution in [0.1, 0.15) is 22.8 Å². The average Bonchev–Trinajstić information content (AvgIpc) is 2.84. The van der Waals surface area contributed by atoms with Gasteiger partial charge in [0.2, 0.25) is 0 Å². The maximum atomic E-state index is 13.1. The second-order valence-corrected chi connectivity index (χ2v) is 7.58. The summed E-state index contributed by atoms with van der Waals surface area (Å²) in [4.78, 5) is 27.4. The van der Waals surface area contributed by atoms with Gasteiger partial charge in [-0.15, -0.1) is 6.58 Å². The van der Waals surface area contributed by atoms with Crippen LogP contribution in [0.5, 0.6) is 0 Å². The second-order valence-electron chi connectivity index (χ2n) is 6.23. The molecule has 2 atom stereocenters. The Hall–Kier alpha value is -1.95. The third-order valence-corrected chi connectivity index (χ3v) is 5.44. The molecule has 0 aromatic heterocycles. The standard InChI is InChI=1S/C20H17BrClNO3/c1-3-10-23-17-9-6-14(21)11-16(17)20(26,19(23)25)12(2)18(24)13-4-7-15(22)8-5-13/h3-9,11-12,26H,1,10H2,2H3/t12-,20-/m0/s1. The molecule has 0 saturated heterocycles. The highest BCUT2D eigenvalue weighted by atomic mass is 79.9. The van der Waals surface area contributed by atoms with Gasteiger partial charge >= 0.3 is 0 Å². The van der Waals surface area contributed by atoms with Crippen molar-refractivity contribution in [3.05, 3.63) is 75.7 Å². The third kappa shape index (κ3) is 2.90. The Kier molecular flexibility index (Phi) is 5.06. The minimum Gasteiger partial charge on any atom is -0.375 e. The number of anilines is 1. The highest BCUT2D eigenvalue weighted by Crippen LogP contribution is 2.46. The van der Waals surface area contributed by atoms with Gasteiger partial charge in [-0.25, -0.2) is 0 Å². The lowest BCUT2D eigenvalue weighted by atomic mass is 9.79. The zero-order valence-electron chi connectivity index (χ0n) is 14.1. The zero-order valence-corrected chi connectivity index (χ0v) is 16.4. The minimum absolute atomic E-state index is 0.248. The maximum Gasteiger partial charge on any atom is 0.264 e. The number of hydrogen-bond acceptors (Lipinski definition) is 3. The first-order valence-corrected chi connectivity index (χ1v) is 9.22. The van der Waals surface area contributed by atoms with Gasteiger partial charge in [0, 0.05) is 27.2 Å². The van der Waals surface area contributed by atoms with Crippen LogP contribution in [0.4, 0.5) is 5.69 Å². The molecule has 1 aliphatic heterocycles. The summed E-state index contributed by atoms with van der Waals surface area (Å²) in [6.45, 7) is 5.48. The van der Waals surface area contributed by atoms with Crippen molar-refractivity contribution in [1.29, 1.82) is 0 Å². The van der Waals surface area contributed by atoms with Gasteiger partial charge in [0.15, 0.2) is 11.4 Å². The van der Waals surface area contributed by atoms with Crippen molar-refractivity contribution < 1.29 is 14.7 Å². The van der Waals surface area contributed by atoms with E-state index in [0.717, 1.165) is 0 Å². The topological polar surface area (TPSA) is 57.6 Å². The van der Waals surface area contributed by atoms with Gasteiger partial charge in [0.25, 0.3) is 5.91 Å². The first-order valence-electron chi connectivity index (χ1n) is 8.05. The van der Waals surface area contributed by atoms with Gasteiger partial charge in [-0.1, -0.05) is 40.5 Å².